The van der Waals surface area contributed by atoms with Crippen molar-refractivity contribution in [1.29, 1.82) is 0 Å². The van der Waals surface area contributed by atoms with Crippen LogP contribution in [0.15, 0.2) is 103 Å². The Balaban J connectivity index is 1.87. The second-order valence-electron chi connectivity index (χ2n) is 6.61. The van der Waals surface area contributed by atoms with Gasteiger partial charge in [-0.05, 0) is 55.3 Å². The van der Waals surface area contributed by atoms with E-state index in [0.717, 1.165) is 16.4 Å². The number of hydrogen-bond acceptors (Lipinski definition) is 1. The van der Waals surface area contributed by atoms with E-state index in [9.17, 15) is 0 Å². The van der Waals surface area contributed by atoms with Crippen molar-refractivity contribution in [3.8, 4) is 0 Å². The van der Waals surface area contributed by atoms with Gasteiger partial charge in [0, 0.05) is 21.7 Å². The summed E-state index contributed by atoms with van der Waals surface area (Å²) in [5.41, 5.74) is 3.42. The van der Waals surface area contributed by atoms with Crippen molar-refractivity contribution < 1.29 is 0 Å². The van der Waals surface area contributed by atoms with E-state index in [1.165, 1.54) is 21.5 Å². The Hall–Kier alpha value is -2.60. The lowest BCUT2D eigenvalue weighted by Crippen LogP contribution is -2.22. The van der Waals surface area contributed by atoms with Crippen LogP contribution in [-0.2, 0) is 0 Å². The lowest BCUT2D eigenvalue weighted by molar-refractivity contribution is 1.44. The van der Waals surface area contributed by atoms with E-state index in [1.807, 2.05) is 6.07 Å². The molecule has 3 heteroatoms. The largest absolute Gasteiger partial charge is 0.355 e. The van der Waals surface area contributed by atoms with E-state index in [-0.39, 0.29) is 0 Å². The van der Waals surface area contributed by atoms with Crippen molar-refractivity contribution in [2.24, 2.45) is 0 Å². The molecule has 0 aromatic heterocycles. The molecule has 4 aromatic carbocycles. The summed E-state index contributed by atoms with van der Waals surface area (Å²) in [5, 5.41) is 8.23. The van der Waals surface area contributed by atoms with Crippen molar-refractivity contribution in [2.75, 3.05) is 5.32 Å². The van der Waals surface area contributed by atoms with Crippen LogP contribution >= 0.6 is 19.5 Å². The van der Waals surface area contributed by atoms with E-state index in [1.54, 1.807) is 0 Å². The Morgan fingerprint density at radius 1 is 0.643 bits per heavy atom. The Labute approximate surface area is 172 Å². The number of para-hydroxylation sites is 1. The maximum atomic E-state index is 6.45. The zero-order chi connectivity index (χ0) is 19.3. The number of anilines is 2. The molecule has 0 saturated heterocycles. The van der Waals surface area contributed by atoms with E-state index in [2.05, 4.69) is 109 Å². The van der Waals surface area contributed by atoms with Gasteiger partial charge in [-0.1, -0.05) is 90.5 Å². The van der Waals surface area contributed by atoms with Crippen LogP contribution < -0.4 is 21.2 Å². The Kier molecular flexibility index (Phi) is 5.76. The van der Waals surface area contributed by atoms with Crippen molar-refractivity contribution in [3.63, 3.8) is 0 Å². The molecular weight excluding hydrogens is 381 g/mol. The van der Waals surface area contributed by atoms with E-state index < -0.39 is 7.92 Å². The maximum absolute atomic E-state index is 6.45. The van der Waals surface area contributed by atoms with Crippen molar-refractivity contribution in [2.45, 2.75) is 6.92 Å². The van der Waals surface area contributed by atoms with Crippen LogP contribution in [0.1, 0.15) is 5.56 Å². The van der Waals surface area contributed by atoms with Gasteiger partial charge in [-0.15, -0.1) is 0 Å². The van der Waals surface area contributed by atoms with Gasteiger partial charge in [0.1, 0.15) is 0 Å². The molecule has 0 heterocycles. The summed E-state index contributed by atoms with van der Waals surface area (Å²) in [5.74, 6) is 0. The molecule has 1 nitrogen and oxygen atoms in total. The first kappa shape index (κ1) is 18.7. The van der Waals surface area contributed by atoms with Crippen LogP contribution in [-0.4, -0.2) is 0 Å². The summed E-state index contributed by atoms with van der Waals surface area (Å²) in [6.07, 6.45) is 0. The van der Waals surface area contributed by atoms with Gasteiger partial charge >= 0.3 is 0 Å². The Morgan fingerprint density at radius 3 is 1.82 bits per heavy atom. The summed E-state index contributed by atoms with van der Waals surface area (Å²) < 4.78 is 0. The van der Waals surface area contributed by atoms with Gasteiger partial charge in [0.05, 0.1) is 0 Å². The topological polar surface area (TPSA) is 12.0 Å². The first-order valence-corrected chi connectivity index (χ1v) is 11.0. The zero-order valence-corrected chi connectivity index (χ0v) is 17.3. The summed E-state index contributed by atoms with van der Waals surface area (Å²) in [6.45, 7) is 2.12. The average Bonchev–Trinajstić information content (AvgIpc) is 2.73. The van der Waals surface area contributed by atoms with Gasteiger partial charge in [0.2, 0.25) is 0 Å². The molecule has 0 unspecified atom stereocenters. The van der Waals surface area contributed by atoms with Crippen LogP contribution in [0.3, 0.4) is 0 Å². The van der Waals surface area contributed by atoms with Gasteiger partial charge in [0.25, 0.3) is 0 Å². The second kappa shape index (κ2) is 8.61. The molecule has 28 heavy (non-hydrogen) atoms. The number of rotatable bonds is 5. The van der Waals surface area contributed by atoms with Crippen LogP contribution in [0.2, 0.25) is 5.02 Å². The smallest absolute Gasteiger partial charge is 0.0470 e. The summed E-state index contributed by atoms with van der Waals surface area (Å²) in [7, 11) is -0.736. The fourth-order valence-corrected chi connectivity index (χ4v) is 5.92. The number of hydrogen-bond donors (Lipinski definition) is 1. The molecule has 0 fully saturated rings. The quantitative estimate of drug-likeness (QED) is 0.395. The molecule has 1 N–H and O–H groups in total. The molecule has 0 aliphatic heterocycles. The zero-order valence-electron chi connectivity index (χ0n) is 15.6. The molecule has 0 atom stereocenters. The minimum absolute atomic E-state index is 0.736. The molecular formula is C25H21ClNP. The normalized spacial score (nSPS) is 10.8. The Morgan fingerprint density at radius 2 is 1.21 bits per heavy atom. The highest BCUT2D eigenvalue weighted by molar-refractivity contribution is 7.80. The molecule has 0 bridgehead atoms. The van der Waals surface area contributed by atoms with Crippen molar-refractivity contribution in [1.82, 2.24) is 0 Å². The predicted octanol–water partition coefficient (Wildman–Crippen LogP) is 6.15. The fourth-order valence-electron chi connectivity index (χ4n) is 3.24. The van der Waals surface area contributed by atoms with Crippen LogP contribution in [0.5, 0.6) is 0 Å². The number of halogens is 1. The minimum Gasteiger partial charge on any atom is -0.355 e. The van der Waals surface area contributed by atoms with Gasteiger partial charge in [-0.3, -0.25) is 0 Å². The lowest BCUT2D eigenvalue weighted by atomic mass is 10.2. The first-order valence-electron chi connectivity index (χ1n) is 9.25. The molecule has 4 rings (SSSR count). The third kappa shape index (κ3) is 4.12. The number of nitrogens with one attached hydrogen (secondary N) is 1. The van der Waals surface area contributed by atoms with Crippen LogP contribution in [0.25, 0.3) is 0 Å². The third-order valence-electron chi connectivity index (χ3n) is 4.64. The Bertz CT molecular complexity index is 1020. The third-order valence-corrected chi connectivity index (χ3v) is 7.36. The molecule has 0 saturated carbocycles. The van der Waals surface area contributed by atoms with E-state index in [0.29, 0.717) is 0 Å². The summed E-state index contributed by atoms with van der Waals surface area (Å²) in [6, 6.07) is 35.9. The lowest BCUT2D eigenvalue weighted by Gasteiger charge is -2.23. The molecule has 0 aliphatic carbocycles. The van der Waals surface area contributed by atoms with E-state index >= 15 is 0 Å². The molecule has 4 aromatic rings. The molecule has 0 radical (unpaired) electrons. The van der Waals surface area contributed by atoms with E-state index in [4.69, 9.17) is 11.6 Å². The fraction of sp³-hybridized carbons (Fsp3) is 0.0400. The van der Waals surface area contributed by atoms with Gasteiger partial charge in [-0.2, -0.15) is 0 Å². The molecule has 0 aliphatic rings. The molecule has 0 amide bonds. The standard InChI is InChI=1S/C25H21ClNP/c1-19-10-8-9-15-23(19)27-24-17-16-20(26)18-25(24)28(21-11-4-2-5-12-21)22-13-6-3-7-14-22/h2-18,27H,1H3. The van der Waals surface area contributed by atoms with Gasteiger partial charge in [0.15, 0.2) is 0 Å². The highest BCUT2D eigenvalue weighted by atomic mass is 35.5. The molecule has 0 spiro atoms. The maximum Gasteiger partial charge on any atom is 0.0470 e. The van der Waals surface area contributed by atoms with Gasteiger partial charge in [-0.25, -0.2) is 0 Å². The minimum atomic E-state index is -0.736. The first-order chi connectivity index (χ1) is 13.7. The van der Waals surface area contributed by atoms with Crippen molar-refractivity contribution >= 4 is 46.8 Å². The highest BCUT2D eigenvalue weighted by Crippen LogP contribution is 2.37. The summed E-state index contributed by atoms with van der Waals surface area (Å²) in [4.78, 5) is 0. The predicted molar refractivity (Wildman–Crippen MR) is 125 cm³/mol. The monoisotopic (exact) mass is 401 g/mol. The number of aryl methyl sites for hydroxylation is 1. The summed E-state index contributed by atoms with van der Waals surface area (Å²) >= 11 is 6.45. The second-order valence-corrected chi connectivity index (χ2v) is 9.23. The molecule has 138 valence electrons. The van der Waals surface area contributed by atoms with Crippen LogP contribution in [0.4, 0.5) is 11.4 Å². The van der Waals surface area contributed by atoms with Crippen LogP contribution in [0, 0.1) is 6.92 Å². The van der Waals surface area contributed by atoms with Crippen molar-refractivity contribution in [3.05, 3.63) is 114 Å². The highest BCUT2D eigenvalue weighted by Gasteiger charge is 2.20. The average molecular weight is 402 g/mol. The number of benzene rings is 4. The SMILES string of the molecule is Cc1ccccc1Nc1ccc(Cl)cc1P(c1ccccc1)c1ccccc1. The van der Waals surface area contributed by atoms with Gasteiger partial charge < -0.3 is 5.32 Å².